The molecular weight excluding hydrogens is 306 g/mol. The molecule has 0 saturated heterocycles. The van der Waals surface area contributed by atoms with Crippen molar-refractivity contribution in [3.05, 3.63) is 53.6 Å². The van der Waals surface area contributed by atoms with Crippen LogP contribution in [0.4, 0.5) is 5.69 Å². The van der Waals surface area contributed by atoms with Crippen molar-refractivity contribution >= 4 is 17.3 Å². The van der Waals surface area contributed by atoms with Crippen molar-refractivity contribution in [3.63, 3.8) is 0 Å². The summed E-state index contributed by atoms with van der Waals surface area (Å²) in [6.45, 7) is 0. The van der Waals surface area contributed by atoms with Crippen molar-refractivity contribution in [1.29, 1.82) is 0 Å². The minimum Gasteiger partial charge on any atom is -0.497 e. The first-order chi connectivity index (χ1) is 11.7. The number of methoxy groups -OCH3 is 2. The molecule has 0 saturated carbocycles. The maximum absolute atomic E-state index is 12.6. The van der Waals surface area contributed by atoms with Gasteiger partial charge in [0.05, 0.1) is 19.9 Å². The Balaban J connectivity index is 1.74. The number of nitrogens with one attached hydrogen (secondary N) is 2. The van der Waals surface area contributed by atoms with Gasteiger partial charge in [0.25, 0.3) is 5.91 Å². The second kappa shape index (κ2) is 5.26. The van der Waals surface area contributed by atoms with Crippen LogP contribution in [-0.2, 0) is 10.3 Å². The molecule has 1 spiro atoms. The van der Waals surface area contributed by atoms with Crippen molar-refractivity contribution in [3.8, 4) is 11.5 Å². The van der Waals surface area contributed by atoms with Crippen molar-refractivity contribution in [1.82, 2.24) is 5.43 Å². The number of para-hydroxylation sites is 1. The molecule has 0 aromatic heterocycles. The second-order valence-electron chi connectivity index (χ2n) is 5.82. The van der Waals surface area contributed by atoms with E-state index in [0.717, 1.165) is 22.5 Å². The summed E-state index contributed by atoms with van der Waals surface area (Å²) in [5, 5.41) is 7.37. The number of fused-ring (bicyclic) bond motifs is 2. The minimum absolute atomic E-state index is 0.0932. The molecule has 0 fully saturated rings. The molecule has 0 bridgehead atoms. The maximum Gasteiger partial charge on any atom is 0.256 e. The Kier molecular flexibility index (Phi) is 3.19. The van der Waals surface area contributed by atoms with Crippen LogP contribution >= 0.6 is 0 Å². The molecule has 2 aliphatic rings. The van der Waals surface area contributed by atoms with Gasteiger partial charge in [-0.15, -0.1) is 0 Å². The summed E-state index contributed by atoms with van der Waals surface area (Å²) < 4.78 is 10.7. The average molecular weight is 323 g/mol. The molecule has 4 rings (SSSR count). The standard InChI is InChI=1S/C18H17N3O3/c1-23-11-7-8-16(24-2)12(9-11)15-10-18(21-20-15)13-5-3-4-6-14(13)19-17(18)22/h3-9,21H,10H2,1-2H3,(H,19,22)/t18-/m0/s1. The largest absolute Gasteiger partial charge is 0.497 e. The van der Waals surface area contributed by atoms with Gasteiger partial charge in [-0.05, 0) is 24.3 Å². The summed E-state index contributed by atoms with van der Waals surface area (Å²) in [5.74, 6) is 1.31. The summed E-state index contributed by atoms with van der Waals surface area (Å²) in [4.78, 5) is 12.6. The van der Waals surface area contributed by atoms with Crippen molar-refractivity contribution in [2.24, 2.45) is 5.10 Å². The molecule has 1 atom stereocenters. The molecule has 2 heterocycles. The van der Waals surface area contributed by atoms with E-state index < -0.39 is 5.54 Å². The van der Waals surface area contributed by atoms with Crippen LogP contribution in [0, 0.1) is 0 Å². The van der Waals surface area contributed by atoms with Crippen LogP contribution in [0.5, 0.6) is 11.5 Å². The van der Waals surface area contributed by atoms with Crippen molar-refractivity contribution < 1.29 is 14.3 Å². The minimum atomic E-state index is -0.861. The maximum atomic E-state index is 12.6. The molecule has 0 unspecified atom stereocenters. The fraction of sp³-hybridized carbons (Fsp3) is 0.222. The molecule has 24 heavy (non-hydrogen) atoms. The van der Waals surface area contributed by atoms with Gasteiger partial charge in [0.2, 0.25) is 0 Å². The highest BCUT2D eigenvalue weighted by Crippen LogP contribution is 2.42. The third-order valence-corrected chi connectivity index (χ3v) is 4.55. The Morgan fingerprint density at radius 3 is 2.75 bits per heavy atom. The zero-order valence-electron chi connectivity index (χ0n) is 13.4. The summed E-state index contributed by atoms with van der Waals surface area (Å²) in [6, 6.07) is 13.2. The lowest BCUT2D eigenvalue weighted by atomic mass is 9.86. The van der Waals surface area contributed by atoms with Crippen molar-refractivity contribution in [2.75, 3.05) is 19.5 Å². The molecule has 1 amide bonds. The fourth-order valence-corrected chi connectivity index (χ4v) is 3.29. The van der Waals surface area contributed by atoms with E-state index in [-0.39, 0.29) is 5.91 Å². The number of amides is 1. The van der Waals surface area contributed by atoms with Crippen LogP contribution in [0.2, 0.25) is 0 Å². The van der Waals surface area contributed by atoms with Gasteiger partial charge in [0.1, 0.15) is 11.5 Å². The Bertz CT molecular complexity index is 862. The van der Waals surface area contributed by atoms with E-state index in [1.807, 2.05) is 42.5 Å². The third-order valence-electron chi connectivity index (χ3n) is 4.55. The van der Waals surface area contributed by atoms with E-state index in [0.29, 0.717) is 17.9 Å². The summed E-state index contributed by atoms with van der Waals surface area (Å²) in [7, 11) is 3.23. The van der Waals surface area contributed by atoms with Gasteiger partial charge in [0, 0.05) is 23.2 Å². The molecule has 2 aromatic rings. The molecule has 6 heteroatoms. The van der Waals surface area contributed by atoms with Crippen LogP contribution in [0.25, 0.3) is 0 Å². The number of nitrogens with zero attached hydrogens (tertiary/aromatic N) is 1. The van der Waals surface area contributed by atoms with Gasteiger partial charge in [-0.1, -0.05) is 18.2 Å². The zero-order valence-corrected chi connectivity index (χ0v) is 13.4. The van der Waals surface area contributed by atoms with Gasteiger partial charge < -0.3 is 14.8 Å². The molecule has 2 aliphatic heterocycles. The lowest BCUT2D eigenvalue weighted by molar-refractivity contribution is -0.121. The lowest BCUT2D eigenvalue weighted by Crippen LogP contribution is -2.42. The second-order valence-corrected chi connectivity index (χ2v) is 5.82. The number of anilines is 1. The first-order valence-electron chi connectivity index (χ1n) is 7.65. The highest BCUT2D eigenvalue weighted by atomic mass is 16.5. The normalized spacial score (nSPS) is 21.1. The van der Waals surface area contributed by atoms with E-state index in [9.17, 15) is 4.79 Å². The molecule has 0 aliphatic carbocycles. The summed E-state index contributed by atoms with van der Waals surface area (Å²) in [5.41, 5.74) is 5.51. The first kappa shape index (κ1) is 14.6. The number of carbonyl (C=O) groups excluding carboxylic acids is 1. The van der Waals surface area contributed by atoms with Gasteiger partial charge >= 0.3 is 0 Å². The van der Waals surface area contributed by atoms with Crippen LogP contribution in [0.15, 0.2) is 47.6 Å². The number of benzene rings is 2. The highest BCUT2D eigenvalue weighted by molar-refractivity contribution is 6.13. The fourth-order valence-electron chi connectivity index (χ4n) is 3.29. The monoisotopic (exact) mass is 323 g/mol. The SMILES string of the molecule is COc1ccc(OC)c(C2=NN[C@]3(C2)C(=O)Nc2ccccc23)c1. The van der Waals surface area contributed by atoms with E-state index in [1.54, 1.807) is 14.2 Å². The number of ether oxygens (including phenoxy) is 2. The smallest absolute Gasteiger partial charge is 0.256 e. The van der Waals surface area contributed by atoms with Crippen LogP contribution in [-0.4, -0.2) is 25.8 Å². The average Bonchev–Trinajstić information content (AvgIpc) is 3.18. The molecule has 6 nitrogen and oxygen atoms in total. The summed E-state index contributed by atoms with van der Waals surface area (Å²) in [6.07, 6.45) is 0.444. The topological polar surface area (TPSA) is 72.0 Å². The molecule has 122 valence electrons. The molecular formula is C18H17N3O3. The Labute approximate surface area is 139 Å². The van der Waals surface area contributed by atoms with Gasteiger partial charge in [-0.3, -0.25) is 10.2 Å². The molecule has 2 aromatic carbocycles. The molecule has 0 radical (unpaired) electrons. The van der Waals surface area contributed by atoms with E-state index >= 15 is 0 Å². The Hall–Kier alpha value is -3.02. The van der Waals surface area contributed by atoms with E-state index in [1.165, 1.54) is 0 Å². The van der Waals surface area contributed by atoms with E-state index in [2.05, 4.69) is 15.8 Å². The zero-order chi connectivity index (χ0) is 16.7. The van der Waals surface area contributed by atoms with Crippen molar-refractivity contribution in [2.45, 2.75) is 12.0 Å². The highest BCUT2D eigenvalue weighted by Gasteiger charge is 2.50. The predicted octanol–water partition coefficient (Wildman–Crippen LogP) is 2.25. The third kappa shape index (κ3) is 1.96. The van der Waals surface area contributed by atoms with E-state index in [4.69, 9.17) is 9.47 Å². The number of hydrogen-bond acceptors (Lipinski definition) is 5. The van der Waals surface area contributed by atoms with Gasteiger partial charge in [-0.25, -0.2) is 0 Å². The van der Waals surface area contributed by atoms with Gasteiger partial charge in [-0.2, -0.15) is 5.10 Å². The first-order valence-corrected chi connectivity index (χ1v) is 7.65. The van der Waals surface area contributed by atoms with Gasteiger partial charge in [0.15, 0.2) is 5.54 Å². The Morgan fingerprint density at radius 1 is 1.12 bits per heavy atom. The predicted molar refractivity (Wildman–Crippen MR) is 90.6 cm³/mol. The van der Waals surface area contributed by atoms with Crippen LogP contribution < -0.4 is 20.2 Å². The van der Waals surface area contributed by atoms with Crippen LogP contribution in [0.1, 0.15) is 17.5 Å². The summed E-state index contributed by atoms with van der Waals surface area (Å²) >= 11 is 0. The number of hydrazone groups is 1. The van der Waals surface area contributed by atoms with Crippen LogP contribution in [0.3, 0.4) is 0 Å². The number of rotatable bonds is 3. The quantitative estimate of drug-likeness (QED) is 0.909. The lowest BCUT2D eigenvalue weighted by Gasteiger charge is -2.21. The number of carbonyl (C=O) groups is 1. The number of hydrogen-bond donors (Lipinski definition) is 2. The Morgan fingerprint density at radius 2 is 1.96 bits per heavy atom. The molecule has 2 N–H and O–H groups in total.